The van der Waals surface area contributed by atoms with Crippen molar-refractivity contribution in [1.82, 2.24) is 20.0 Å². The second-order valence-corrected chi connectivity index (χ2v) is 11.0. The number of hydrogen-bond acceptors (Lipinski definition) is 6. The van der Waals surface area contributed by atoms with Crippen molar-refractivity contribution in [2.75, 3.05) is 27.4 Å². The lowest BCUT2D eigenvalue weighted by Gasteiger charge is -2.45. The van der Waals surface area contributed by atoms with Crippen molar-refractivity contribution in [3.05, 3.63) is 17.8 Å². The molecule has 2 bridgehead atoms. The summed E-state index contributed by atoms with van der Waals surface area (Å²) in [6, 6.07) is 0.114. The number of fused-ring (bicyclic) bond motifs is 2. The molecule has 0 spiro atoms. The number of rotatable bonds is 9. The van der Waals surface area contributed by atoms with E-state index in [0.29, 0.717) is 35.8 Å². The van der Waals surface area contributed by atoms with Crippen molar-refractivity contribution in [2.45, 2.75) is 71.4 Å². The lowest BCUT2D eigenvalue weighted by atomic mass is 9.65. The number of carbonyl (C=O) groups is 2. The molecule has 1 aromatic heterocycles. The molecule has 0 aromatic carbocycles. The maximum absolute atomic E-state index is 13.4. The van der Waals surface area contributed by atoms with Gasteiger partial charge in [-0.25, -0.2) is 9.48 Å². The highest BCUT2D eigenvalue weighted by molar-refractivity contribution is 5.96. The summed E-state index contributed by atoms with van der Waals surface area (Å²) in [5.41, 5.74) is -0.253. The molecule has 0 aliphatic heterocycles. The fourth-order valence-electron chi connectivity index (χ4n) is 5.22. The minimum absolute atomic E-state index is 0.114. The lowest BCUT2D eigenvalue weighted by Crippen LogP contribution is -2.51. The summed E-state index contributed by atoms with van der Waals surface area (Å²) in [4.78, 5) is 26.9. The molecule has 2 aliphatic carbocycles. The molecule has 2 unspecified atom stereocenters. The van der Waals surface area contributed by atoms with Crippen LogP contribution in [0.4, 0.5) is 4.79 Å². The summed E-state index contributed by atoms with van der Waals surface area (Å²) in [5, 5.41) is 17.4. The van der Waals surface area contributed by atoms with Gasteiger partial charge in [-0.3, -0.25) is 4.79 Å². The Hall–Kier alpha value is -2.55. The van der Waals surface area contributed by atoms with Gasteiger partial charge in [0.15, 0.2) is 0 Å². The van der Waals surface area contributed by atoms with Gasteiger partial charge in [0.2, 0.25) is 5.88 Å². The Labute approximate surface area is 208 Å². The molecule has 3 rings (SSSR count). The Kier molecular flexibility index (Phi) is 8.85. The van der Waals surface area contributed by atoms with Gasteiger partial charge in [0.25, 0.3) is 5.91 Å². The average Bonchev–Trinajstić information content (AvgIpc) is 3.23. The summed E-state index contributed by atoms with van der Waals surface area (Å²) in [6.45, 7) is 8.53. The lowest BCUT2D eigenvalue weighted by molar-refractivity contribution is 0.0496. The summed E-state index contributed by atoms with van der Waals surface area (Å²) in [6.07, 6.45) is 9.90. The number of aliphatic hydroxyl groups is 1. The number of carbonyl (C=O) groups excluding carboxylic acids is 2. The first kappa shape index (κ1) is 27.0. The number of nitrogens with one attached hydrogen (secondary N) is 1. The van der Waals surface area contributed by atoms with Gasteiger partial charge in [-0.05, 0) is 69.3 Å². The van der Waals surface area contributed by atoms with Crippen LogP contribution in [-0.4, -0.2) is 70.7 Å². The molecule has 2 amide bonds. The van der Waals surface area contributed by atoms with Gasteiger partial charge in [-0.2, -0.15) is 5.10 Å². The van der Waals surface area contributed by atoms with Crippen molar-refractivity contribution in [1.29, 1.82) is 0 Å². The second kappa shape index (κ2) is 11.5. The molecule has 2 atom stereocenters. The molecule has 2 saturated carbocycles. The fraction of sp³-hybridized carbons (Fsp3) is 0.731. The van der Waals surface area contributed by atoms with E-state index >= 15 is 0 Å². The van der Waals surface area contributed by atoms with Gasteiger partial charge in [0.05, 0.1) is 25.5 Å². The summed E-state index contributed by atoms with van der Waals surface area (Å²) in [5.74, 6) is 1.61. The van der Waals surface area contributed by atoms with Crippen LogP contribution in [0.15, 0.2) is 12.3 Å². The highest BCUT2D eigenvalue weighted by Gasteiger charge is 2.41. The first-order chi connectivity index (χ1) is 16.6. The van der Waals surface area contributed by atoms with Gasteiger partial charge in [0, 0.05) is 25.9 Å². The third-order valence-electron chi connectivity index (χ3n) is 7.48. The molecular formula is C26H42N4O5. The SMILES string of the molecule is COC(=O)N(C)C(C)(C)/C=C/n1ncc(C(=O)N[C@H]2C3CCCC2C[C@@H](CO)C3)c1OCC(C)C. The molecule has 2 N–H and O–H groups in total. The molecule has 9 nitrogen and oxygen atoms in total. The average molecular weight is 491 g/mol. The molecule has 1 aromatic rings. The van der Waals surface area contributed by atoms with Crippen LogP contribution in [0.3, 0.4) is 0 Å². The highest BCUT2D eigenvalue weighted by atomic mass is 16.5. The third kappa shape index (κ3) is 6.37. The van der Waals surface area contributed by atoms with Gasteiger partial charge < -0.3 is 24.8 Å². The van der Waals surface area contributed by atoms with E-state index in [1.165, 1.54) is 18.4 Å². The van der Waals surface area contributed by atoms with E-state index in [-0.39, 0.29) is 24.5 Å². The summed E-state index contributed by atoms with van der Waals surface area (Å²) >= 11 is 0. The van der Waals surface area contributed by atoms with Crippen LogP contribution in [0.2, 0.25) is 0 Å². The molecule has 2 fully saturated rings. The van der Waals surface area contributed by atoms with Crippen molar-refractivity contribution in [3.8, 4) is 5.88 Å². The largest absolute Gasteiger partial charge is 0.477 e. The van der Waals surface area contributed by atoms with E-state index < -0.39 is 11.6 Å². The molecule has 9 heteroatoms. The highest BCUT2D eigenvalue weighted by Crippen LogP contribution is 2.43. The molecule has 0 saturated heterocycles. The number of aliphatic hydroxyl groups excluding tert-OH is 1. The van der Waals surface area contributed by atoms with E-state index in [4.69, 9.17) is 9.47 Å². The molecule has 1 heterocycles. The van der Waals surface area contributed by atoms with E-state index in [0.717, 1.165) is 25.7 Å². The maximum Gasteiger partial charge on any atom is 0.409 e. The Bertz CT molecular complexity index is 896. The van der Waals surface area contributed by atoms with Crippen LogP contribution in [-0.2, 0) is 4.74 Å². The zero-order chi connectivity index (χ0) is 25.8. The van der Waals surface area contributed by atoms with Crippen LogP contribution in [0.5, 0.6) is 5.88 Å². The predicted octanol–water partition coefficient (Wildman–Crippen LogP) is 3.78. The maximum atomic E-state index is 13.4. The summed E-state index contributed by atoms with van der Waals surface area (Å²) in [7, 11) is 3.01. The zero-order valence-electron chi connectivity index (χ0n) is 22.0. The Balaban J connectivity index is 1.82. The fourth-order valence-corrected chi connectivity index (χ4v) is 5.22. The number of methoxy groups -OCH3 is 1. The van der Waals surface area contributed by atoms with Crippen LogP contribution in [0.25, 0.3) is 6.20 Å². The van der Waals surface area contributed by atoms with Crippen molar-refractivity contribution >= 4 is 18.2 Å². The van der Waals surface area contributed by atoms with E-state index in [1.807, 2.05) is 33.8 Å². The van der Waals surface area contributed by atoms with Gasteiger partial charge >= 0.3 is 6.09 Å². The molecule has 196 valence electrons. The second-order valence-electron chi connectivity index (χ2n) is 11.0. The zero-order valence-corrected chi connectivity index (χ0v) is 22.0. The summed E-state index contributed by atoms with van der Waals surface area (Å²) < 4.78 is 12.4. The van der Waals surface area contributed by atoms with Crippen LogP contribution < -0.4 is 10.1 Å². The predicted molar refractivity (Wildman–Crippen MR) is 134 cm³/mol. The monoisotopic (exact) mass is 490 g/mol. The van der Waals surface area contributed by atoms with Crippen molar-refractivity contribution in [2.24, 2.45) is 23.7 Å². The van der Waals surface area contributed by atoms with E-state index in [9.17, 15) is 14.7 Å². The number of likely N-dealkylation sites (N-methyl/N-ethyl adjacent to an activating group) is 1. The molecule has 35 heavy (non-hydrogen) atoms. The quantitative estimate of drug-likeness (QED) is 0.546. The Morgan fingerprint density at radius 3 is 2.54 bits per heavy atom. The first-order valence-electron chi connectivity index (χ1n) is 12.7. The van der Waals surface area contributed by atoms with Gasteiger partial charge in [0.1, 0.15) is 5.56 Å². The molecule has 0 radical (unpaired) electrons. The van der Waals surface area contributed by atoms with Gasteiger partial charge in [-0.15, -0.1) is 0 Å². The van der Waals surface area contributed by atoms with Crippen LogP contribution >= 0.6 is 0 Å². The number of aromatic nitrogens is 2. The minimum atomic E-state index is -0.653. The van der Waals surface area contributed by atoms with Gasteiger partial charge in [-0.1, -0.05) is 20.3 Å². The van der Waals surface area contributed by atoms with Crippen LogP contribution in [0.1, 0.15) is 70.2 Å². The smallest absolute Gasteiger partial charge is 0.409 e. The number of amides is 2. The number of nitrogens with zero attached hydrogens (tertiary/aromatic N) is 3. The minimum Gasteiger partial charge on any atom is -0.477 e. The van der Waals surface area contributed by atoms with Crippen molar-refractivity contribution in [3.63, 3.8) is 0 Å². The molecular weight excluding hydrogens is 448 g/mol. The Morgan fingerprint density at radius 2 is 1.97 bits per heavy atom. The van der Waals surface area contributed by atoms with Crippen molar-refractivity contribution < 1.29 is 24.2 Å². The number of hydrogen-bond donors (Lipinski definition) is 2. The standard InChI is InChI=1S/C26H42N4O5/c1-17(2)16-35-24-21(14-27-30(24)11-10-26(3,4)29(5)25(33)34-6)23(32)28-22-19-8-7-9-20(22)13-18(12-19)15-31/h10-11,14,17-20,22,31H,7-9,12-13,15-16H2,1-6H3,(H,28,32)/b11-10+/t18-,19?,20?,22-. The number of ether oxygens (including phenoxy) is 2. The third-order valence-corrected chi connectivity index (χ3v) is 7.48. The van der Waals surface area contributed by atoms with E-state index in [1.54, 1.807) is 24.1 Å². The molecule has 2 aliphatic rings. The van der Waals surface area contributed by atoms with Crippen LogP contribution in [0, 0.1) is 23.7 Å². The first-order valence-corrected chi connectivity index (χ1v) is 12.7. The topological polar surface area (TPSA) is 106 Å². The van der Waals surface area contributed by atoms with E-state index in [2.05, 4.69) is 10.4 Å². The Morgan fingerprint density at radius 1 is 1.31 bits per heavy atom. The normalized spacial score (nSPS) is 24.5.